The summed E-state index contributed by atoms with van der Waals surface area (Å²) >= 11 is 0. The number of rotatable bonds is 5. The lowest BCUT2D eigenvalue weighted by Gasteiger charge is -2.28. The van der Waals surface area contributed by atoms with Crippen LogP contribution in [0.1, 0.15) is 5.56 Å². The largest absolute Gasteiger partial charge is 0.378 e. The number of nitro benzene ring substituents is 1. The summed E-state index contributed by atoms with van der Waals surface area (Å²) in [4.78, 5) is 26.1. The van der Waals surface area contributed by atoms with Crippen molar-refractivity contribution in [2.75, 3.05) is 39.9 Å². The Morgan fingerprint density at radius 1 is 1.43 bits per heavy atom. The van der Waals surface area contributed by atoms with Gasteiger partial charge in [-0.25, -0.2) is 0 Å². The Hall–Kier alpha value is -1.99. The summed E-state index contributed by atoms with van der Waals surface area (Å²) in [5.74, 6) is 0.0613. The molecule has 0 unspecified atom stereocenters. The minimum atomic E-state index is -0.414. The number of nitrogens with zero attached hydrogens (tertiary/aromatic N) is 3. The number of morpholine rings is 1. The normalized spacial score (nSPS) is 15.2. The molecule has 0 N–H and O–H groups in total. The fraction of sp³-hybridized carbons (Fsp3) is 0.500. The number of benzene rings is 1. The Morgan fingerprint density at radius 3 is 2.81 bits per heavy atom. The maximum Gasteiger partial charge on any atom is 0.269 e. The summed E-state index contributed by atoms with van der Waals surface area (Å²) in [7, 11) is 1.83. The molecule has 0 atom stereocenters. The lowest BCUT2D eigenvalue weighted by molar-refractivity contribution is -0.384. The van der Waals surface area contributed by atoms with E-state index in [1.54, 1.807) is 11.0 Å². The molecule has 0 spiro atoms. The molecular weight excluding hydrogens is 274 g/mol. The van der Waals surface area contributed by atoms with E-state index < -0.39 is 4.92 Å². The van der Waals surface area contributed by atoms with Crippen LogP contribution in [0.4, 0.5) is 5.69 Å². The summed E-state index contributed by atoms with van der Waals surface area (Å²) in [5.41, 5.74) is 0.891. The molecule has 1 fully saturated rings. The first-order valence-corrected chi connectivity index (χ1v) is 6.83. The van der Waals surface area contributed by atoms with Gasteiger partial charge >= 0.3 is 0 Å². The second kappa shape index (κ2) is 7.14. The number of amides is 1. The van der Waals surface area contributed by atoms with E-state index in [0.29, 0.717) is 39.4 Å². The standard InChI is InChI=1S/C14H19N3O4/c1-15(11-14(18)16-5-7-21-8-6-16)10-12-3-2-4-13(9-12)17(19)20/h2-4,9H,5-8,10-11H2,1H3. The highest BCUT2D eigenvalue weighted by Crippen LogP contribution is 2.14. The molecule has 2 rings (SSSR count). The summed E-state index contributed by atoms with van der Waals surface area (Å²) in [5, 5.41) is 10.7. The molecule has 21 heavy (non-hydrogen) atoms. The van der Waals surface area contributed by atoms with Gasteiger partial charge < -0.3 is 9.64 Å². The van der Waals surface area contributed by atoms with Crippen molar-refractivity contribution in [2.24, 2.45) is 0 Å². The summed E-state index contributed by atoms with van der Waals surface area (Å²) in [6.45, 7) is 3.22. The average Bonchev–Trinajstić information content (AvgIpc) is 2.48. The van der Waals surface area contributed by atoms with Gasteiger partial charge in [0.1, 0.15) is 0 Å². The van der Waals surface area contributed by atoms with Crippen molar-refractivity contribution in [1.29, 1.82) is 0 Å². The molecule has 1 heterocycles. The van der Waals surface area contributed by atoms with Gasteiger partial charge in [0.25, 0.3) is 5.69 Å². The van der Waals surface area contributed by atoms with Gasteiger partial charge in [-0.05, 0) is 12.6 Å². The lowest BCUT2D eigenvalue weighted by Crippen LogP contribution is -2.44. The van der Waals surface area contributed by atoms with Gasteiger partial charge in [0.05, 0.1) is 24.7 Å². The predicted molar refractivity (Wildman–Crippen MR) is 76.8 cm³/mol. The van der Waals surface area contributed by atoms with Crippen molar-refractivity contribution < 1.29 is 14.5 Å². The van der Waals surface area contributed by atoms with E-state index in [2.05, 4.69) is 0 Å². The molecule has 0 bridgehead atoms. The van der Waals surface area contributed by atoms with Crippen LogP contribution in [0, 0.1) is 10.1 Å². The first-order valence-electron chi connectivity index (χ1n) is 6.83. The molecule has 1 aliphatic heterocycles. The minimum Gasteiger partial charge on any atom is -0.378 e. The van der Waals surface area contributed by atoms with E-state index in [1.807, 2.05) is 18.0 Å². The number of likely N-dealkylation sites (N-methyl/N-ethyl adjacent to an activating group) is 1. The Bertz CT molecular complexity index is 515. The highest BCUT2D eigenvalue weighted by molar-refractivity contribution is 5.78. The fourth-order valence-electron chi connectivity index (χ4n) is 2.28. The zero-order valence-corrected chi connectivity index (χ0v) is 12.0. The Labute approximate surface area is 123 Å². The van der Waals surface area contributed by atoms with E-state index in [4.69, 9.17) is 4.74 Å². The average molecular weight is 293 g/mol. The fourth-order valence-corrected chi connectivity index (χ4v) is 2.28. The van der Waals surface area contributed by atoms with Crippen molar-refractivity contribution in [3.63, 3.8) is 0 Å². The predicted octanol–water partition coefficient (Wildman–Crippen LogP) is 0.885. The number of hydrogen-bond donors (Lipinski definition) is 0. The monoisotopic (exact) mass is 293 g/mol. The smallest absolute Gasteiger partial charge is 0.269 e. The molecule has 114 valence electrons. The summed E-state index contributed by atoms with van der Waals surface area (Å²) in [6.07, 6.45) is 0. The van der Waals surface area contributed by atoms with E-state index in [9.17, 15) is 14.9 Å². The summed E-state index contributed by atoms with van der Waals surface area (Å²) < 4.78 is 5.21. The zero-order valence-electron chi connectivity index (χ0n) is 12.0. The summed E-state index contributed by atoms with van der Waals surface area (Å²) in [6, 6.07) is 6.48. The van der Waals surface area contributed by atoms with Gasteiger partial charge in [0, 0.05) is 31.8 Å². The van der Waals surface area contributed by atoms with Gasteiger partial charge in [-0.1, -0.05) is 12.1 Å². The Morgan fingerprint density at radius 2 is 2.14 bits per heavy atom. The molecule has 1 aliphatic rings. The lowest BCUT2D eigenvalue weighted by atomic mass is 10.2. The Balaban J connectivity index is 1.88. The molecule has 0 aliphatic carbocycles. The maximum atomic E-state index is 12.1. The molecule has 1 saturated heterocycles. The van der Waals surface area contributed by atoms with E-state index >= 15 is 0 Å². The highest BCUT2D eigenvalue weighted by Gasteiger charge is 2.18. The van der Waals surface area contributed by atoms with Gasteiger partial charge in [0.15, 0.2) is 0 Å². The van der Waals surface area contributed by atoms with Crippen molar-refractivity contribution in [3.8, 4) is 0 Å². The molecule has 1 aromatic rings. The van der Waals surface area contributed by atoms with E-state index in [-0.39, 0.29) is 11.6 Å². The quantitative estimate of drug-likeness (QED) is 0.595. The molecule has 1 amide bonds. The van der Waals surface area contributed by atoms with Gasteiger partial charge in [-0.2, -0.15) is 0 Å². The number of nitro groups is 1. The first kappa shape index (κ1) is 15.4. The van der Waals surface area contributed by atoms with Crippen LogP contribution < -0.4 is 0 Å². The molecule has 7 heteroatoms. The molecule has 0 saturated carbocycles. The van der Waals surface area contributed by atoms with Crippen LogP contribution in [0.5, 0.6) is 0 Å². The number of hydrogen-bond acceptors (Lipinski definition) is 5. The van der Waals surface area contributed by atoms with Crippen molar-refractivity contribution in [2.45, 2.75) is 6.54 Å². The van der Waals surface area contributed by atoms with E-state index in [0.717, 1.165) is 5.56 Å². The number of non-ortho nitro benzene ring substituents is 1. The maximum absolute atomic E-state index is 12.1. The molecule has 0 radical (unpaired) electrons. The number of carbonyl (C=O) groups excluding carboxylic acids is 1. The second-order valence-electron chi connectivity index (χ2n) is 5.09. The zero-order chi connectivity index (χ0) is 15.2. The third-order valence-electron chi connectivity index (χ3n) is 3.34. The van der Waals surface area contributed by atoms with Crippen LogP contribution in [0.25, 0.3) is 0 Å². The molecule has 1 aromatic carbocycles. The van der Waals surface area contributed by atoms with E-state index in [1.165, 1.54) is 12.1 Å². The third-order valence-corrected chi connectivity index (χ3v) is 3.34. The van der Waals surface area contributed by atoms with Crippen LogP contribution in [0.2, 0.25) is 0 Å². The second-order valence-corrected chi connectivity index (χ2v) is 5.09. The van der Waals surface area contributed by atoms with Crippen LogP contribution >= 0.6 is 0 Å². The van der Waals surface area contributed by atoms with Crippen LogP contribution in [0.15, 0.2) is 24.3 Å². The van der Waals surface area contributed by atoms with Gasteiger partial charge in [0.2, 0.25) is 5.91 Å². The van der Waals surface area contributed by atoms with Gasteiger partial charge in [-0.15, -0.1) is 0 Å². The van der Waals surface area contributed by atoms with Crippen LogP contribution in [0.3, 0.4) is 0 Å². The Kier molecular flexibility index (Phi) is 5.24. The van der Waals surface area contributed by atoms with Crippen molar-refractivity contribution in [1.82, 2.24) is 9.80 Å². The molecular formula is C14H19N3O4. The topological polar surface area (TPSA) is 75.9 Å². The first-order chi connectivity index (χ1) is 10.1. The van der Waals surface area contributed by atoms with Gasteiger partial charge in [-0.3, -0.25) is 19.8 Å². The van der Waals surface area contributed by atoms with Crippen molar-refractivity contribution >= 4 is 11.6 Å². The number of carbonyl (C=O) groups is 1. The SMILES string of the molecule is CN(CC(=O)N1CCOCC1)Cc1cccc([N+](=O)[O-])c1. The van der Waals surface area contributed by atoms with Crippen molar-refractivity contribution in [3.05, 3.63) is 39.9 Å². The molecule has 7 nitrogen and oxygen atoms in total. The highest BCUT2D eigenvalue weighted by atomic mass is 16.6. The third kappa shape index (κ3) is 4.51. The number of ether oxygens (including phenoxy) is 1. The van der Waals surface area contributed by atoms with Crippen LogP contribution in [-0.2, 0) is 16.1 Å². The van der Waals surface area contributed by atoms with Crippen LogP contribution in [-0.4, -0.2) is 60.5 Å². The minimum absolute atomic E-state index is 0.0613. The molecule has 0 aromatic heterocycles.